The van der Waals surface area contributed by atoms with E-state index in [0.29, 0.717) is 0 Å². The summed E-state index contributed by atoms with van der Waals surface area (Å²) in [5.74, 6) is -2.09. The molecule has 0 aliphatic heterocycles. The standard InChI is InChI=1S/C13H13F2N5O2/c1-8(21)18-12-6-17-20(19-12)7-13(22)16-5-9-10(14)3-2-4-11(9)15/h2-4,6H,5,7H2,1H3,(H,16,22)(H,18,19,21). The van der Waals surface area contributed by atoms with Crippen molar-refractivity contribution in [2.45, 2.75) is 20.0 Å². The number of aromatic nitrogens is 3. The van der Waals surface area contributed by atoms with Crippen molar-refractivity contribution in [1.82, 2.24) is 20.3 Å². The van der Waals surface area contributed by atoms with Gasteiger partial charge < -0.3 is 10.6 Å². The molecule has 1 aromatic carbocycles. The minimum atomic E-state index is -0.731. The van der Waals surface area contributed by atoms with Gasteiger partial charge in [-0.1, -0.05) is 6.07 Å². The quantitative estimate of drug-likeness (QED) is 0.856. The van der Waals surface area contributed by atoms with Gasteiger partial charge >= 0.3 is 0 Å². The molecule has 2 amide bonds. The average Bonchev–Trinajstić information content (AvgIpc) is 2.84. The smallest absolute Gasteiger partial charge is 0.243 e. The van der Waals surface area contributed by atoms with Crippen LogP contribution in [-0.4, -0.2) is 26.8 Å². The monoisotopic (exact) mass is 309 g/mol. The number of nitrogens with one attached hydrogen (secondary N) is 2. The first-order valence-corrected chi connectivity index (χ1v) is 6.33. The van der Waals surface area contributed by atoms with E-state index in [1.807, 2.05) is 0 Å². The van der Waals surface area contributed by atoms with E-state index in [1.165, 1.54) is 19.2 Å². The highest BCUT2D eigenvalue weighted by Gasteiger charge is 2.11. The number of carbonyl (C=O) groups excluding carboxylic acids is 2. The van der Waals surface area contributed by atoms with Crippen molar-refractivity contribution in [3.63, 3.8) is 0 Å². The molecule has 2 N–H and O–H groups in total. The molecule has 0 fully saturated rings. The van der Waals surface area contributed by atoms with Crippen LogP contribution in [0.3, 0.4) is 0 Å². The van der Waals surface area contributed by atoms with Crippen LogP contribution in [0.15, 0.2) is 24.4 Å². The van der Waals surface area contributed by atoms with Crippen molar-refractivity contribution < 1.29 is 18.4 Å². The molecule has 116 valence electrons. The summed E-state index contributed by atoms with van der Waals surface area (Å²) in [6, 6.07) is 3.46. The van der Waals surface area contributed by atoms with Gasteiger partial charge in [-0.15, -0.1) is 5.10 Å². The highest BCUT2D eigenvalue weighted by Crippen LogP contribution is 2.11. The topological polar surface area (TPSA) is 88.9 Å². The number of rotatable bonds is 5. The van der Waals surface area contributed by atoms with Gasteiger partial charge in [-0.05, 0) is 12.1 Å². The minimum absolute atomic E-state index is 0.209. The molecule has 0 saturated carbocycles. The first-order valence-electron chi connectivity index (χ1n) is 6.33. The molecular weight excluding hydrogens is 296 g/mol. The lowest BCUT2D eigenvalue weighted by Crippen LogP contribution is -2.28. The summed E-state index contributed by atoms with van der Waals surface area (Å²) in [6.07, 6.45) is 1.28. The fraction of sp³-hybridized carbons (Fsp3) is 0.231. The largest absolute Gasteiger partial charge is 0.350 e. The number of amides is 2. The summed E-state index contributed by atoms with van der Waals surface area (Å²) in [5, 5.41) is 12.4. The SMILES string of the molecule is CC(=O)Nc1cnn(CC(=O)NCc2c(F)cccc2F)n1. The van der Waals surface area contributed by atoms with Crippen LogP contribution in [0.4, 0.5) is 14.6 Å². The molecule has 22 heavy (non-hydrogen) atoms. The van der Waals surface area contributed by atoms with Crippen molar-refractivity contribution in [1.29, 1.82) is 0 Å². The highest BCUT2D eigenvalue weighted by molar-refractivity contribution is 5.87. The Morgan fingerprint density at radius 3 is 2.59 bits per heavy atom. The van der Waals surface area contributed by atoms with Gasteiger partial charge in [-0.3, -0.25) is 9.59 Å². The third-order valence-electron chi connectivity index (χ3n) is 2.65. The van der Waals surface area contributed by atoms with Crippen molar-refractivity contribution in [2.24, 2.45) is 0 Å². The van der Waals surface area contributed by atoms with Crippen LogP contribution in [0.5, 0.6) is 0 Å². The Labute approximate surface area is 124 Å². The molecule has 7 nitrogen and oxygen atoms in total. The van der Waals surface area contributed by atoms with E-state index in [1.54, 1.807) is 0 Å². The molecule has 0 aliphatic rings. The van der Waals surface area contributed by atoms with Crippen molar-refractivity contribution in [3.05, 3.63) is 41.6 Å². The second-order valence-electron chi connectivity index (χ2n) is 4.42. The summed E-state index contributed by atoms with van der Waals surface area (Å²) in [4.78, 5) is 23.6. The summed E-state index contributed by atoms with van der Waals surface area (Å²) in [5.41, 5.74) is -0.219. The number of hydrogen-bond acceptors (Lipinski definition) is 4. The Morgan fingerprint density at radius 2 is 1.95 bits per heavy atom. The molecule has 0 bridgehead atoms. The Bertz CT molecular complexity index is 681. The summed E-state index contributed by atoms with van der Waals surface area (Å²) < 4.78 is 26.8. The van der Waals surface area contributed by atoms with E-state index in [9.17, 15) is 18.4 Å². The lowest BCUT2D eigenvalue weighted by atomic mass is 10.2. The first-order chi connectivity index (χ1) is 10.5. The highest BCUT2D eigenvalue weighted by atomic mass is 19.1. The molecule has 0 spiro atoms. The zero-order valence-corrected chi connectivity index (χ0v) is 11.6. The molecule has 2 rings (SSSR count). The molecular formula is C13H13F2N5O2. The number of benzene rings is 1. The predicted octanol–water partition coefficient (Wildman–Crippen LogP) is 0.831. The maximum absolute atomic E-state index is 13.4. The first kappa shape index (κ1) is 15.5. The van der Waals surface area contributed by atoms with Crippen molar-refractivity contribution in [2.75, 3.05) is 5.32 Å². The number of halogens is 2. The van der Waals surface area contributed by atoms with Gasteiger partial charge in [0.15, 0.2) is 5.82 Å². The number of anilines is 1. The van der Waals surface area contributed by atoms with Crippen LogP contribution in [-0.2, 0) is 22.7 Å². The van der Waals surface area contributed by atoms with Crippen molar-refractivity contribution in [3.8, 4) is 0 Å². The van der Waals surface area contributed by atoms with E-state index >= 15 is 0 Å². The molecule has 0 unspecified atom stereocenters. The van der Waals surface area contributed by atoms with Gasteiger partial charge in [0, 0.05) is 19.0 Å². The zero-order valence-electron chi connectivity index (χ0n) is 11.6. The van der Waals surface area contributed by atoms with Gasteiger partial charge in [0.25, 0.3) is 0 Å². The van der Waals surface area contributed by atoms with Crippen LogP contribution in [0.2, 0.25) is 0 Å². The minimum Gasteiger partial charge on any atom is -0.350 e. The third kappa shape index (κ3) is 4.08. The third-order valence-corrected chi connectivity index (χ3v) is 2.65. The summed E-state index contributed by atoms with van der Waals surface area (Å²) in [7, 11) is 0. The van der Waals surface area contributed by atoms with E-state index in [-0.39, 0.29) is 30.4 Å². The maximum atomic E-state index is 13.4. The Hall–Kier alpha value is -2.84. The lowest BCUT2D eigenvalue weighted by molar-refractivity contribution is -0.122. The Balaban J connectivity index is 1.90. The lowest BCUT2D eigenvalue weighted by Gasteiger charge is -2.07. The van der Waals surface area contributed by atoms with Gasteiger partial charge in [-0.25, -0.2) is 8.78 Å². The summed E-state index contributed by atoms with van der Waals surface area (Å²) >= 11 is 0. The second kappa shape index (κ2) is 6.74. The molecule has 1 aromatic heterocycles. The molecule has 0 aliphatic carbocycles. The maximum Gasteiger partial charge on any atom is 0.243 e. The van der Waals surface area contributed by atoms with Gasteiger partial charge in [0.05, 0.1) is 6.20 Å². The molecule has 0 atom stereocenters. The number of carbonyl (C=O) groups is 2. The Morgan fingerprint density at radius 1 is 1.27 bits per heavy atom. The van der Waals surface area contributed by atoms with E-state index in [0.717, 1.165) is 16.9 Å². The fourth-order valence-corrected chi connectivity index (χ4v) is 1.68. The molecule has 0 saturated heterocycles. The van der Waals surface area contributed by atoms with E-state index < -0.39 is 17.5 Å². The summed E-state index contributed by atoms with van der Waals surface area (Å²) in [6.45, 7) is 0.793. The van der Waals surface area contributed by atoms with Crippen LogP contribution < -0.4 is 10.6 Å². The van der Waals surface area contributed by atoms with Crippen LogP contribution in [0.25, 0.3) is 0 Å². The molecule has 9 heteroatoms. The molecule has 2 aromatic rings. The molecule has 1 heterocycles. The van der Waals surface area contributed by atoms with E-state index in [2.05, 4.69) is 20.8 Å². The van der Waals surface area contributed by atoms with Gasteiger partial charge in [0.1, 0.15) is 18.2 Å². The van der Waals surface area contributed by atoms with Gasteiger partial charge in [-0.2, -0.15) is 9.90 Å². The number of nitrogens with zero attached hydrogens (tertiary/aromatic N) is 3. The predicted molar refractivity (Wildman–Crippen MR) is 72.5 cm³/mol. The van der Waals surface area contributed by atoms with Crippen molar-refractivity contribution >= 4 is 17.6 Å². The van der Waals surface area contributed by atoms with Gasteiger partial charge in [0.2, 0.25) is 11.8 Å². The zero-order chi connectivity index (χ0) is 16.1. The fourth-order valence-electron chi connectivity index (χ4n) is 1.68. The van der Waals surface area contributed by atoms with Crippen LogP contribution >= 0.6 is 0 Å². The average molecular weight is 309 g/mol. The molecule has 0 radical (unpaired) electrons. The van der Waals surface area contributed by atoms with Crippen LogP contribution in [0, 0.1) is 11.6 Å². The van der Waals surface area contributed by atoms with E-state index in [4.69, 9.17) is 0 Å². The normalized spacial score (nSPS) is 10.3. The second-order valence-corrected chi connectivity index (χ2v) is 4.42. The number of hydrogen-bond donors (Lipinski definition) is 2. The van der Waals surface area contributed by atoms with Crippen LogP contribution in [0.1, 0.15) is 12.5 Å². The Kier molecular flexibility index (Phi) is 4.77.